The number of ether oxygens (including phenoxy) is 1. The summed E-state index contributed by atoms with van der Waals surface area (Å²) in [4.78, 5) is 23.6. The third-order valence-corrected chi connectivity index (χ3v) is 7.17. The molecule has 0 rings (SSSR count). The third kappa shape index (κ3) is 29.8. The molecule has 0 aromatic rings. The fourth-order valence-corrected chi connectivity index (χ4v) is 4.47. The van der Waals surface area contributed by atoms with Crippen molar-refractivity contribution in [3.8, 4) is 0 Å². The molecule has 8 nitrogen and oxygen atoms in total. The Morgan fingerprint density at radius 2 is 1.36 bits per heavy atom. The zero-order valence-corrected chi connectivity index (χ0v) is 26.2. The minimum atomic E-state index is -4.50. The van der Waals surface area contributed by atoms with Gasteiger partial charge in [-0.05, 0) is 38.5 Å². The molecular weight excluding hydrogens is 517 g/mol. The maximum absolute atomic E-state index is 11.8. The van der Waals surface area contributed by atoms with Gasteiger partial charge in [0.05, 0.1) is 27.7 Å². The molecule has 0 fully saturated rings. The number of phosphoric ester groups is 1. The molecular formula is C30H58NO7P. The van der Waals surface area contributed by atoms with Crippen LogP contribution in [-0.4, -0.2) is 69.2 Å². The molecule has 0 spiro atoms. The number of carbonyl (C=O) groups is 1. The smallest absolute Gasteiger partial charge is 0.305 e. The van der Waals surface area contributed by atoms with Gasteiger partial charge in [-0.3, -0.25) is 9.36 Å². The number of allylic oxidation sites excluding steroid dienone is 4. The van der Waals surface area contributed by atoms with Crippen molar-refractivity contribution >= 4 is 13.8 Å². The van der Waals surface area contributed by atoms with Crippen LogP contribution in [0.25, 0.3) is 0 Å². The van der Waals surface area contributed by atoms with Crippen LogP contribution in [0.2, 0.25) is 0 Å². The van der Waals surface area contributed by atoms with E-state index in [-0.39, 0.29) is 13.2 Å². The van der Waals surface area contributed by atoms with Crippen molar-refractivity contribution in [1.82, 2.24) is 0 Å². The first-order valence-corrected chi connectivity index (χ1v) is 16.6. The van der Waals surface area contributed by atoms with Gasteiger partial charge in [0.15, 0.2) is 0 Å². The van der Waals surface area contributed by atoms with Crippen LogP contribution in [-0.2, 0) is 23.1 Å². The number of carbonyl (C=O) groups excluding carboxylic acids is 1. The van der Waals surface area contributed by atoms with Crippen molar-refractivity contribution in [3.63, 3.8) is 0 Å². The van der Waals surface area contributed by atoms with E-state index in [4.69, 9.17) is 9.26 Å². The van der Waals surface area contributed by atoms with Crippen molar-refractivity contribution in [3.05, 3.63) is 24.3 Å². The highest BCUT2D eigenvalue weighted by molar-refractivity contribution is 7.45. The van der Waals surface area contributed by atoms with Gasteiger partial charge in [-0.15, -0.1) is 0 Å². The van der Waals surface area contributed by atoms with Gasteiger partial charge in [0.1, 0.15) is 25.9 Å². The van der Waals surface area contributed by atoms with E-state index >= 15 is 0 Å². The molecule has 0 aromatic heterocycles. The molecule has 0 saturated carbocycles. The minimum absolute atomic E-state index is 0.00899. The molecule has 0 aliphatic rings. The van der Waals surface area contributed by atoms with E-state index in [9.17, 15) is 19.4 Å². The number of esters is 1. The van der Waals surface area contributed by atoms with E-state index < -0.39 is 26.5 Å². The summed E-state index contributed by atoms with van der Waals surface area (Å²) < 4.78 is 26.7. The number of unbranched alkanes of at least 4 members (excludes halogenated alkanes) is 12. The first-order valence-electron chi connectivity index (χ1n) is 15.1. The van der Waals surface area contributed by atoms with Crippen molar-refractivity contribution in [1.29, 1.82) is 0 Å². The van der Waals surface area contributed by atoms with Crippen LogP contribution < -0.4 is 4.89 Å². The largest absolute Gasteiger partial charge is 0.756 e. The van der Waals surface area contributed by atoms with E-state index in [0.717, 1.165) is 25.7 Å². The zero-order valence-electron chi connectivity index (χ0n) is 25.3. The van der Waals surface area contributed by atoms with Crippen molar-refractivity contribution in [2.24, 2.45) is 0 Å². The molecule has 0 aromatic carbocycles. The first-order chi connectivity index (χ1) is 18.6. The van der Waals surface area contributed by atoms with Gasteiger partial charge in [0, 0.05) is 6.42 Å². The fourth-order valence-electron chi connectivity index (χ4n) is 3.74. The topological polar surface area (TPSA) is 105 Å². The van der Waals surface area contributed by atoms with Gasteiger partial charge in [0.2, 0.25) is 0 Å². The number of aliphatic hydroxyl groups excluding tert-OH is 1. The lowest BCUT2D eigenvalue weighted by molar-refractivity contribution is -0.870. The number of likely N-dealkylation sites (N-methyl/N-ethyl adjacent to an activating group) is 1. The molecule has 1 unspecified atom stereocenters. The summed E-state index contributed by atoms with van der Waals surface area (Å²) in [7, 11) is 1.24. The number of rotatable bonds is 27. The summed E-state index contributed by atoms with van der Waals surface area (Å²) in [5, 5.41) is 9.82. The van der Waals surface area contributed by atoms with E-state index in [2.05, 4.69) is 35.8 Å². The van der Waals surface area contributed by atoms with E-state index in [0.29, 0.717) is 17.4 Å². The summed E-state index contributed by atoms with van der Waals surface area (Å²) >= 11 is 0. The maximum Gasteiger partial charge on any atom is 0.305 e. The van der Waals surface area contributed by atoms with Gasteiger partial charge in [-0.1, -0.05) is 89.0 Å². The SMILES string of the molecule is CCCCC/C=C\C/C=C\CCCCCCCCCCCC(=O)OC[C@@H](O)COP(=O)([O-])OCC[N+](C)(C)C. The standard InChI is InChI=1S/C30H58NO7P/c1-5-6-7-8-9-10-11-12-13-14-15-16-17-18-19-20-21-22-23-24-30(33)36-27-29(32)28-38-39(34,35)37-26-25-31(2,3)4/h9-10,12-13,29,32H,5-8,11,14-28H2,1-4H3/b10-9-,13-12-/t29-/m1/s1. The Morgan fingerprint density at radius 3 is 1.92 bits per heavy atom. The molecule has 0 saturated heterocycles. The normalized spacial score (nSPS) is 14.7. The lowest BCUT2D eigenvalue weighted by Gasteiger charge is -2.27. The highest BCUT2D eigenvalue weighted by Crippen LogP contribution is 2.38. The molecule has 39 heavy (non-hydrogen) atoms. The lowest BCUT2D eigenvalue weighted by Crippen LogP contribution is -2.37. The number of hydrogen-bond acceptors (Lipinski definition) is 7. The Kier molecular flexibility index (Phi) is 24.1. The number of aliphatic hydroxyl groups is 1. The number of nitrogens with zero attached hydrogens (tertiary/aromatic N) is 1. The molecule has 0 heterocycles. The summed E-state index contributed by atoms with van der Waals surface area (Å²) in [6.07, 6.45) is 26.0. The molecule has 0 radical (unpaired) electrons. The van der Waals surface area contributed by atoms with Gasteiger partial charge in [0.25, 0.3) is 7.82 Å². The number of phosphoric acid groups is 1. The monoisotopic (exact) mass is 575 g/mol. The number of quaternary nitrogens is 1. The molecule has 0 aliphatic carbocycles. The van der Waals surface area contributed by atoms with Crippen LogP contribution in [0.5, 0.6) is 0 Å². The summed E-state index contributed by atoms with van der Waals surface area (Å²) in [5.41, 5.74) is 0. The summed E-state index contributed by atoms with van der Waals surface area (Å²) in [6, 6.07) is 0. The lowest BCUT2D eigenvalue weighted by atomic mass is 10.1. The first kappa shape index (κ1) is 38.0. The second-order valence-electron chi connectivity index (χ2n) is 11.3. The fraction of sp³-hybridized carbons (Fsp3) is 0.833. The average molecular weight is 576 g/mol. The molecule has 9 heteroatoms. The third-order valence-electron chi connectivity index (χ3n) is 6.20. The molecule has 230 valence electrons. The Hall–Kier alpha value is -1.02. The average Bonchev–Trinajstić information content (AvgIpc) is 2.86. The van der Waals surface area contributed by atoms with Crippen LogP contribution in [0.4, 0.5) is 0 Å². The van der Waals surface area contributed by atoms with Crippen molar-refractivity contribution < 1.29 is 37.6 Å². The maximum atomic E-state index is 11.8. The van der Waals surface area contributed by atoms with Crippen LogP contribution >= 0.6 is 7.82 Å². The molecule has 0 bridgehead atoms. The quantitative estimate of drug-likeness (QED) is 0.0393. The highest BCUT2D eigenvalue weighted by Gasteiger charge is 2.16. The molecule has 1 N–H and O–H groups in total. The Balaban J connectivity index is 3.53. The summed E-state index contributed by atoms with van der Waals surface area (Å²) in [5.74, 6) is -0.393. The van der Waals surface area contributed by atoms with Crippen LogP contribution in [0.1, 0.15) is 110 Å². The molecule has 2 atom stereocenters. The van der Waals surface area contributed by atoms with Gasteiger partial charge in [-0.25, -0.2) is 0 Å². The predicted octanol–water partition coefficient (Wildman–Crippen LogP) is 6.47. The summed E-state index contributed by atoms with van der Waals surface area (Å²) in [6.45, 7) is 1.91. The Bertz CT molecular complexity index is 691. The van der Waals surface area contributed by atoms with Gasteiger partial charge >= 0.3 is 5.97 Å². The second kappa shape index (κ2) is 24.8. The highest BCUT2D eigenvalue weighted by atomic mass is 31.2. The molecule has 0 aliphatic heterocycles. The molecule has 0 amide bonds. The Labute approximate surface area is 239 Å². The van der Waals surface area contributed by atoms with Crippen LogP contribution in [0.15, 0.2) is 24.3 Å². The van der Waals surface area contributed by atoms with E-state index in [1.165, 1.54) is 70.6 Å². The second-order valence-corrected chi connectivity index (χ2v) is 12.7. The van der Waals surface area contributed by atoms with Crippen LogP contribution in [0, 0.1) is 0 Å². The Morgan fingerprint density at radius 1 is 0.821 bits per heavy atom. The minimum Gasteiger partial charge on any atom is -0.756 e. The van der Waals surface area contributed by atoms with Gasteiger partial charge in [-0.2, -0.15) is 0 Å². The van der Waals surface area contributed by atoms with E-state index in [1.807, 2.05) is 21.1 Å². The predicted molar refractivity (Wildman–Crippen MR) is 157 cm³/mol. The zero-order chi connectivity index (χ0) is 29.2. The van der Waals surface area contributed by atoms with E-state index in [1.54, 1.807) is 0 Å². The van der Waals surface area contributed by atoms with Crippen molar-refractivity contribution in [2.75, 3.05) is 47.5 Å². The van der Waals surface area contributed by atoms with Crippen LogP contribution in [0.3, 0.4) is 0 Å². The van der Waals surface area contributed by atoms with Gasteiger partial charge < -0.3 is 28.3 Å². The number of hydrogen-bond donors (Lipinski definition) is 1. The van der Waals surface area contributed by atoms with Crippen molar-refractivity contribution in [2.45, 2.75) is 116 Å².